The van der Waals surface area contributed by atoms with Gasteiger partial charge in [-0.3, -0.25) is 0 Å². The Labute approximate surface area is 167 Å². The number of carbonyl (C=O) groups is 1. The molecule has 146 valence electrons. The van der Waals surface area contributed by atoms with E-state index in [1.165, 1.54) is 0 Å². The molecule has 0 saturated heterocycles. The maximum atomic E-state index is 12.3. The van der Waals surface area contributed by atoms with Gasteiger partial charge in [-0.25, -0.2) is 4.79 Å². The summed E-state index contributed by atoms with van der Waals surface area (Å²) in [7, 11) is 0. The van der Waals surface area contributed by atoms with Crippen LogP contribution in [0.2, 0.25) is 5.02 Å². The van der Waals surface area contributed by atoms with Gasteiger partial charge in [0.05, 0.1) is 18.8 Å². The van der Waals surface area contributed by atoms with Crippen molar-refractivity contribution in [3.05, 3.63) is 58.9 Å². The molecule has 1 aromatic heterocycles. The topological polar surface area (TPSA) is 83.7 Å². The van der Waals surface area contributed by atoms with Crippen LogP contribution in [0.4, 0.5) is 0 Å². The van der Waals surface area contributed by atoms with Gasteiger partial charge in [0.2, 0.25) is 5.89 Å². The van der Waals surface area contributed by atoms with Crippen LogP contribution in [-0.2, 0) is 11.3 Å². The van der Waals surface area contributed by atoms with E-state index < -0.39 is 5.97 Å². The molecule has 8 heteroatoms. The first-order valence-corrected chi connectivity index (χ1v) is 9.13. The first-order valence-electron chi connectivity index (χ1n) is 8.75. The van der Waals surface area contributed by atoms with Crippen LogP contribution < -0.4 is 9.47 Å². The third-order valence-electron chi connectivity index (χ3n) is 3.66. The number of esters is 1. The van der Waals surface area contributed by atoms with Crippen LogP contribution in [-0.4, -0.2) is 29.4 Å². The third kappa shape index (κ3) is 4.80. The third-order valence-corrected chi connectivity index (χ3v) is 3.92. The van der Waals surface area contributed by atoms with E-state index >= 15 is 0 Å². The Morgan fingerprint density at radius 1 is 1.00 bits per heavy atom. The van der Waals surface area contributed by atoms with Crippen LogP contribution in [0.25, 0.3) is 11.5 Å². The highest BCUT2D eigenvalue weighted by Gasteiger charge is 2.15. The molecule has 0 aliphatic carbocycles. The van der Waals surface area contributed by atoms with Gasteiger partial charge in [0.15, 0.2) is 18.1 Å². The number of ether oxygens (including phenoxy) is 3. The van der Waals surface area contributed by atoms with Gasteiger partial charge >= 0.3 is 5.97 Å². The summed E-state index contributed by atoms with van der Waals surface area (Å²) < 4.78 is 21.8. The zero-order valence-corrected chi connectivity index (χ0v) is 16.2. The van der Waals surface area contributed by atoms with E-state index in [0.29, 0.717) is 41.2 Å². The van der Waals surface area contributed by atoms with E-state index in [2.05, 4.69) is 10.2 Å². The molecule has 0 bridgehead atoms. The van der Waals surface area contributed by atoms with Crippen molar-refractivity contribution in [3.63, 3.8) is 0 Å². The SMILES string of the molecule is CCOc1ccc(C(=O)OCc2nnc(-c3ccc(Cl)cc3)o2)cc1OCC. The quantitative estimate of drug-likeness (QED) is 0.511. The number of benzene rings is 2. The largest absolute Gasteiger partial charge is 0.490 e. The van der Waals surface area contributed by atoms with Gasteiger partial charge in [-0.15, -0.1) is 10.2 Å². The van der Waals surface area contributed by atoms with Gasteiger partial charge < -0.3 is 18.6 Å². The summed E-state index contributed by atoms with van der Waals surface area (Å²) in [6.45, 7) is 4.54. The smallest absolute Gasteiger partial charge is 0.338 e. The van der Waals surface area contributed by atoms with Crippen LogP contribution in [0.3, 0.4) is 0 Å². The van der Waals surface area contributed by atoms with E-state index in [1.54, 1.807) is 42.5 Å². The second-order valence-corrected chi connectivity index (χ2v) is 6.05. The predicted octanol–water partition coefficient (Wildman–Crippen LogP) is 4.54. The molecule has 0 fully saturated rings. The Bertz CT molecular complexity index is 940. The molecule has 3 aromatic rings. The van der Waals surface area contributed by atoms with Crippen molar-refractivity contribution in [2.24, 2.45) is 0 Å². The lowest BCUT2D eigenvalue weighted by molar-refractivity contribution is 0.0438. The molecular formula is C20H19ClN2O5. The van der Waals surface area contributed by atoms with Crippen LogP contribution in [0.1, 0.15) is 30.1 Å². The number of nitrogens with zero attached hydrogens (tertiary/aromatic N) is 2. The average Bonchev–Trinajstić information content (AvgIpc) is 3.17. The van der Waals surface area contributed by atoms with Crippen molar-refractivity contribution in [1.82, 2.24) is 10.2 Å². The Hall–Kier alpha value is -3.06. The molecule has 0 aliphatic heterocycles. The lowest BCUT2D eigenvalue weighted by Crippen LogP contribution is -2.07. The lowest BCUT2D eigenvalue weighted by atomic mass is 10.2. The summed E-state index contributed by atoms with van der Waals surface area (Å²) in [6, 6.07) is 11.9. The molecule has 0 amide bonds. The fourth-order valence-electron chi connectivity index (χ4n) is 2.41. The van der Waals surface area contributed by atoms with Gasteiger partial charge in [-0.2, -0.15) is 0 Å². The summed E-state index contributed by atoms with van der Waals surface area (Å²) in [6.07, 6.45) is 0. The minimum atomic E-state index is -0.532. The monoisotopic (exact) mass is 402 g/mol. The van der Waals surface area contributed by atoms with Crippen molar-refractivity contribution in [1.29, 1.82) is 0 Å². The number of aromatic nitrogens is 2. The molecule has 1 heterocycles. The molecule has 0 spiro atoms. The van der Waals surface area contributed by atoms with E-state index in [4.69, 9.17) is 30.2 Å². The zero-order chi connectivity index (χ0) is 19.9. The molecule has 0 N–H and O–H groups in total. The van der Waals surface area contributed by atoms with Crippen molar-refractivity contribution >= 4 is 17.6 Å². The molecule has 0 unspecified atom stereocenters. The zero-order valence-electron chi connectivity index (χ0n) is 15.5. The second-order valence-electron chi connectivity index (χ2n) is 5.61. The van der Waals surface area contributed by atoms with Gasteiger partial charge in [0, 0.05) is 10.6 Å². The lowest BCUT2D eigenvalue weighted by Gasteiger charge is -2.11. The number of hydrogen-bond acceptors (Lipinski definition) is 7. The standard InChI is InChI=1S/C20H19ClN2O5/c1-3-25-16-10-7-14(11-17(16)26-4-2)20(24)27-12-18-22-23-19(28-18)13-5-8-15(21)9-6-13/h5-11H,3-4,12H2,1-2H3. The number of hydrogen-bond donors (Lipinski definition) is 0. The minimum Gasteiger partial charge on any atom is -0.490 e. The van der Waals surface area contributed by atoms with Crippen molar-refractivity contribution in [3.8, 4) is 23.0 Å². The first kappa shape index (κ1) is 19.7. The van der Waals surface area contributed by atoms with Crippen molar-refractivity contribution in [2.45, 2.75) is 20.5 Å². The molecule has 3 rings (SSSR count). The Morgan fingerprint density at radius 2 is 1.71 bits per heavy atom. The van der Waals surface area contributed by atoms with Crippen LogP contribution >= 0.6 is 11.6 Å². The first-order chi connectivity index (χ1) is 13.6. The summed E-state index contributed by atoms with van der Waals surface area (Å²) in [5.74, 6) is 1.04. The Kier molecular flexibility index (Phi) is 6.49. The molecule has 0 radical (unpaired) electrons. The highest BCUT2D eigenvalue weighted by atomic mass is 35.5. The number of rotatable bonds is 8. The fraction of sp³-hybridized carbons (Fsp3) is 0.250. The molecule has 0 aliphatic rings. The number of halogens is 1. The van der Waals surface area contributed by atoms with E-state index in [-0.39, 0.29) is 12.5 Å². The van der Waals surface area contributed by atoms with Crippen LogP contribution in [0, 0.1) is 0 Å². The van der Waals surface area contributed by atoms with Crippen LogP contribution in [0.5, 0.6) is 11.5 Å². The van der Waals surface area contributed by atoms with Gasteiger partial charge in [0.25, 0.3) is 5.89 Å². The molecule has 7 nitrogen and oxygen atoms in total. The van der Waals surface area contributed by atoms with Gasteiger partial charge in [-0.1, -0.05) is 11.6 Å². The van der Waals surface area contributed by atoms with Crippen molar-refractivity contribution < 1.29 is 23.4 Å². The second kappa shape index (κ2) is 9.23. The van der Waals surface area contributed by atoms with E-state index in [0.717, 1.165) is 5.56 Å². The summed E-state index contributed by atoms with van der Waals surface area (Å²) >= 11 is 5.86. The minimum absolute atomic E-state index is 0.142. The normalized spacial score (nSPS) is 10.5. The van der Waals surface area contributed by atoms with E-state index in [1.807, 2.05) is 13.8 Å². The molecule has 0 atom stereocenters. The number of carbonyl (C=O) groups excluding carboxylic acids is 1. The molecule has 0 saturated carbocycles. The molecule has 2 aromatic carbocycles. The van der Waals surface area contributed by atoms with Gasteiger partial charge in [-0.05, 0) is 56.3 Å². The van der Waals surface area contributed by atoms with Crippen LogP contribution in [0.15, 0.2) is 46.9 Å². The average molecular weight is 403 g/mol. The highest BCUT2D eigenvalue weighted by molar-refractivity contribution is 6.30. The van der Waals surface area contributed by atoms with Crippen molar-refractivity contribution in [2.75, 3.05) is 13.2 Å². The summed E-state index contributed by atoms with van der Waals surface area (Å²) in [5, 5.41) is 8.45. The Morgan fingerprint density at radius 3 is 2.43 bits per heavy atom. The fourth-order valence-corrected chi connectivity index (χ4v) is 2.54. The Balaban J connectivity index is 1.65. The predicted molar refractivity (Wildman–Crippen MR) is 103 cm³/mol. The maximum absolute atomic E-state index is 12.3. The van der Waals surface area contributed by atoms with Gasteiger partial charge in [0.1, 0.15) is 0 Å². The molecular weight excluding hydrogens is 384 g/mol. The van der Waals surface area contributed by atoms with E-state index in [9.17, 15) is 4.79 Å². The molecule has 28 heavy (non-hydrogen) atoms. The highest BCUT2D eigenvalue weighted by Crippen LogP contribution is 2.29. The summed E-state index contributed by atoms with van der Waals surface area (Å²) in [5.41, 5.74) is 1.06. The summed E-state index contributed by atoms with van der Waals surface area (Å²) in [4.78, 5) is 12.3. The maximum Gasteiger partial charge on any atom is 0.338 e.